The molecule has 152 valence electrons. The van der Waals surface area contributed by atoms with Gasteiger partial charge in [0.1, 0.15) is 5.01 Å². The molecular formula is C19H21F3N2O3S. The van der Waals surface area contributed by atoms with Crippen LogP contribution in [0.2, 0.25) is 0 Å². The van der Waals surface area contributed by atoms with Gasteiger partial charge in [0.15, 0.2) is 5.69 Å². The van der Waals surface area contributed by atoms with Crippen molar-refractivity contribution in [2.75, 3.05) is 13.7 Å². The highest BCUT2D eigenvalue weighted by Crippen LogP contribution is 2.29. The number of nitrogens with zero attached hydrogens (tertiary/aromatic N) is 2. The summed E-state index contributed by atoms with van der Waals surface area (Å²) in [4.78, 5) is 30.1. The molecule has 5 nitrogen and oxygen atoms in total. The van der Waals surface area contributed by atoms with Crippen molar-refractivity contribution >= 4 is 23.2 Å². The predicted octanol–water partition coefficient (Wildman–Crippen LogP) is 4.64. The van der Waals surface area contributed by atoms with E-state index in [4.69, 9.17) is 0 Å². The fraction of sp³-hybridized carbons (Fsp3) is 0.421. The van der Waals surface area contributed by atoms with Gasteiger partial charge in [0, 0.05) is 17.5 Å². The van der Waals surface area contributed by atoms with Crippen molar-refractivity contribution < 1.29 is 27.5 Å². The lowest BCUT2D eigenvalue weighted by Gasteiger charge is -2.23. The maximum atomic E-state index is 12.8. The van der Waals surface area contributed by atoms with Crippen LogP contribution in [-0.2, 0) is 17.5 Å². The van der Waals surface area contributed by atoms with Gasteiger partial charge in [-0.2, -0.15) is 13.2 Å². The van der Waals surface area contributed by atoms with Crippen LogP contribution in [-0.4, -0.2) is 35.4 Å². The highest BCUT2D eigenvalue weighted by Gasteiger charge is 2.30. The second-order valence-corrected chi connectivity index (χ2v) is 7.55. The van der Waals surface area contributed by atoms with Crippen molar-refractivity contribution in [1.82, 2.24) is 9.88 Å². The Morgan fingerprint density at radius 1 is 1.21 bits per heavy atom. The predicted molar refractivity (Wildman–Crippen MR) is 99.1 cm³/mol. The molecule has 2 aromatic rings. The Morgan fingerprint density at radius 2 is 1.86 bits per heavy atom. The van der Waals surface area contributed by atoms with E-state index >= 15 is 0 Å². The lowest BCUT2D eigenvalue weighted by molar-refractivity contribution is -0.137. The molecule has 0 spiro atoms. The fourth-order valence-electron chi connectivity index (χ4n) is 2.40. The second-order valence-electron chi connectivity index (χ2n) is 6.60. The molecule has 0 fully saturated rings. The van der Waals surface area contributed by atoms with Crippen molar-refractivity contribution in [2.45, 2.75) is 33.0 Å². The highest BCUT2D eigenvalue weighted by atomic mass is 32.1. The van der Waals surface area contributed by atoms with Crippen LogP contribution in [0.3, 0.4) is 0 Å². The summed E-state index contributed by atoms with van der Waals surface area (Å²) in [6.07, 6.45) is -3.73. The van der Waals surface area contributed by atoms with Gasteiger partial charge in [-0.05, 0) is 36.6 Å². The molecule has 1 heterocycles. The summed E-state index contributed by atoms with van der Waals surface area (Å²) in [5.41, 5.74) is -0.477. The van der Waals surface area contributed by atoms with E-state index in [9.17, 15) is 22.8 Å². The SMILES string of the molecule is COC(=O)c1csc(CN(CCC(C)C)C(=O)c2ccc(C(F)(F)F)cc2)n1. The summed E-state index contributed by atoms with van der Waals surface area (Å²) in [5, 5.41) is 2.09. The number of hydrogen-bond donors (Lipinski definition) is 0. The summed E-state index contributed by atoms with van der Waals surface area (Å²) < 4.78 is 42.8. The molecule has 0 radical (unpaired) electrons. The quantitative estimate of drug-likeness (QED) is 0.620. The van der Waals surface area contributed by atoms with Crippen molar-refractivity contribution in [1.29, 1.82) is 0 Å². The number of methoxy groups -OCH3 is 1. The molecule has 0 aliphatic rings. The van der Waals surface area contributed by atoms with Gasteiger partial charge in [-0.3, -0.25) is 4.79 Å². The third-order valence-corrected chi connectivity index (χ3v) is 4.83. The minimum atomic E-state index is -4.45. The molecule has 1 aromatic heterocycles. The first-order chi connectivity index (χ1) is 13.1. The van der Waals surface area contributed by atoms with Crippen molar-refractivity contribution in [3.05, 3.63) is 51.5 Å². The summed E-state index contributed by atoms with van der Waals surface area (Å²) in [6.45, 7) is 4.61. The summed E-state index contributed by atoms with van der Waals surface area (Å²) in [5.74, 6) is -0.612. The fourth-order valence-corrected chi connectivity index (χ4v) is 3.17. The Hall–Kier alpha value is -2.42. The Morgan fingerprint density at radius 3 is 2.39 bits per heavy atom. The zero-order valence-electron chi connectivity index (χ0n) is 15.7. The van der Waals surface area contributed by atoms with Gasteiger partial charge < -0.3 is 9.64 Å². The normalized spacial score (nSPS) is 11.5. The van der Waals surface area contributed by atoms with Crippen LogP contribution < -0.4 is 0 Å². The van der Waals surface area contributed by atoms with Crippen molar-refractivity contribution in [3.63, 3.8) is 0 Å². The molecule has 1 amide bonds. The standard InChI is InChI=1S/C19H21F3N2O3S/c1-12(2)8-9-24(10-16-23-15(11-28-16)18(26)27-3)17(25)13-4-6-14(7-5-13)19(20,21)22/h4-7,11-12H,8-10H2,1-3H3. The maximum Gasteiger partial charge on any atom is 0.416 e. The Bertz CT molecular complexity index is 817. The molecule has 0 N–H and O–H groups in total. The molecular weight excluding hydrogens is 393 g/mol. The number of amides is 1. The van der Waals surface area contributed by atoms with Crippen LogP contribution in [0.1, 0.15) is 51.7 Å². The van der Waals surface area contributed by atoms with E-state index < -0.39 is 17.7 Å². The Kier molecular flexibility index (Phi) is 7.17. The van der Waals surface area contributed by atoms with Crippen LogP contribution in [0.4, 0.5) is 13.2 Å². The van der Waals surface area contributed by atoms with Crippen LogP contribution in [0.15, 0.2) is 29.6 Å². The number of esters is 1. The average Bonchev–Trinajstić information content (AvgIpc) is 3.11. The number of rotatable bonds is 7. The summed E-state index contributed by atoms with van der Waals surface area (Å²) >= 11 is 1.22. The number of ether oxygens (including phenoxy) is 1. The molecule has 0 bridgehead atoms. The molecule has 28 heavy (non-hydrogen) atoms. The first-order valence-corrected chi connectivity index (χ1v) is 9.49. The Balaban J connectivity index is 2.20. The minimum Gasteiger partial charge on any atom is -0.464 e. The van der Waals surface area contributed by atoms with E-state index in [-0.39, 0.29) is 23.7 Å². The van der Waals surface area contributed by atoms with Gasteiger partial charge in [-0.25, -0.2) is 9.78 Å². The molecule has 2 rings (SSSR count). The molecule has 0 unspecified atom stereocenters. The van der Waals surface area contributed by atoms with Crippen LogP contribution in [0, 0.1) is 5.92 Å². The lowest BCUT2D eigenvalue weighted by atomic mass is 10.1. The first-order valence-electron chi connectivity index (χ1n) is 8.61. The van der Waals surface area contributed by atoms with E-state index in [1.54, 1.807) is 5.38 Å². The van der Waals surface area contributed by atoms with Crippen molar-refractivity contribution in [2.24, 2.45) is 5.92 Å². The summed E-state index contributed by atoms with van der Waals surface area (Å²) in [6, 6.07) is 4.14. The van der Waals surface area contributed by atoms with Crippen LogP contribution >= 0.6 is 11.3 Å². The van der Waals surface area contributed by atoms with Gasteiger partial charge >= 0.3 is 12.1 Å². The van der Waals surface area contributed by atoms with E-state index in [0.29, 0.717) is 17.5 Å². The number of hydrogen-bond acceptors (Lipinski definition) is 5. The first kappa shape index (κ1) is 21.9. The van der Waals surface area contributed by atoms with E-state index in [0.717, 1.165) is 18.6 Å². The van der Waals surface area contributed by atoms with E-state index in [2.05, 4.69) is 9.72 Å². The number of halogens is 3. The lowest BCUT2D eigenvalue weighted by Crippen LogP contribution is -2.32. The smallest absolute Gasteiger partial charge is 0.416 e. The average molecular weight is 414 g/mol. The number of carbonyl (C=O) groups is 2. The molecule has 0 saturated carbocycles. The number of thiazole rings is 1. The van der Waals surface area contributed by atoms with Gasteiger partial charge in [-0.15, -0.1) is 11.3 Å². The van der Waals surface area contributed by atoms with Gasteiger partial charge in [0.2, 0.25) is 0 Å². The molecule has 9 heteroatoms. The molecule has 1 aromatic carbocycles. The molecule has 0 atom stereocenters. The third kappa shape index (κ3) is 5.79. The number of alkyl halides is 3. The zero-order valence-corrected chi connectivity index (χ0v) is 16.6. The molecule has 0 aliphatic carbocycles. The third-order valence-electron chi connectivity index (χ3n) is 4.00. The topological polar surface area (TPSA) is 59.5 Å². The second kappa shape index (κ2) is 9.18. The highest BCUT2D eigenvalue weighted by molar-refractivity contribution is 7.09. The van der Waals surface area contributed by atoms with Gasteiger partial charge in [0.05, 0.1) is 19.2 Å². The minimum absolute atomic E-state index is 0.160. The van der Waals surface area contributed by atoms with Crippen LogP contribution in [0.25, 0.3) is 0 Å². The molecule has 0 saturated heterocycles. The monoisotopic (exact) mass is 414 g/mol. The summed E-state index contributed by atoms with van der Waals surface area (Å²) in [7, 11) is 1.25. The van der Waals surface area contributed by atoms with Crippen molar-refractivity contribution in [3.8, 4) is 0 Å². The largest absolute Gasteiger partial charge is 0.464 e. The Labute approximate surface area is 165 Å². The number of benzene rings is 1. The number of carbonyl (C=O) groups excluding carboxylic acids is 2. The number of aromatic nitrogens is 1. The van der Waals surface area contributed by atoms with Gasteiger partial charge in [0.25, 0.3) is 5.91 Å². The van der Waals surface area contributed by atoms with E-state index in [1.165, 1.54) is 35.5 Å². The van der Waals surface area contributed by atoms with E-state index in [1.807, 2.05) is 13.8 Å². The zero-order chi connectivity index (χ0) is 20.9. The maximum absolute atomic E-state index is 12.8. The van der Waals surface area contributed by atoms with Gasteiger partial charge in [-0.1, -0.05) is 13.8 Å². The molecule has 0 aliphatic heterocycles. The van der Waals surface area contributed by atoms with Crippen LogP contribution in [0.5, 0.6) is 0 Å².